The van der Waals surface area contributed by atoms with Crippen LogP contribution in [0.5, 0.6) is 0 Å². The van der Waals surface area contributed by atoms with Gasteiger partial charge in [0.25, 0.3) is 0 Å². The normalized spacial score (nSPS) is 25.0. The van der Waals surface area contributed by atoms with Crippen molar-refractivity contribution in [3.8, 4) is 0 Å². The second-order valence-corrected chi connectivity index (χ2v) is 14.1. The fourth-order valence-electron chi connectivity index (χ4n) is 6.58. The summed E-state index contributed by atoms with van der Waals surface area (Å²) in [5.41, 5.74) is 10.9. The molecule has 2 aliphatic rings. The average Bonchev–Trinajstić information content (AvgIpc) is 2.84. The zero-order valence-electron chi connectivity index (χ0n) is 28.5. The molecule has 0 aliphatic heterocycles. The molecule has 2 rings (SSSR count). The maximum atomic E-state index is 10.1. The van der Waals surface area contributed by atoms with Gasteiger partial charge in [-0.05, 0) is 95.1 Å². The molecule has 0 radical (unpaired) electrons. The first-order chi connectivity index (χ1) is 19.6. The van der Waals surface area contributed by atoms with Gasteiger partial charge < -0.3 is 5.11 Å². The van der Waals surface area contributed by atoms with Crippen LogP contribution in [0.4, 0.5) is 0 Å². The van der Waals surface area contributed by atoms with Crippen molar-refractivity contribution in [1.29, 1.82) is 0 Å². The minimum Gasteiger partial charge on any atom is -0.393 e. The van der Waals surface area contributed by atoms with E-state index in [9.17, 15) is 5.11 Å². The molecule has 228 valence electrons. The van der Waals surface area contributed by atoms with Crippen LogP contribution in [0, 0.1) is 16.7 Å². The van der Waals surface area contributed by atoms with Crippen molar-refractivity contribution in [1.82, 2.24) is 0 Å². The van der Waals surface area contributed by atoms with E-state index in [1.165, 1.54) is 57.4 Å². The lowest BCUT2D eigenvalue weighted by Gasteiger charge is -2.36. The van der Waals surface area contributed by atoms with Crippen LogP contribution in [-0.2, 0) is 0 Å². The largest absolute Gasteiger partial charge is 0.393 e. The maximum absolute atomic E-state index is 10.1. The smallest absolute Gasteiger partial charge is 0.0585 e. The molecule has 2 aliphatic carbocycles. The molecule has 1 nitrogen and oxygen atoms in total. The zero-order valence-corrected chi connectivity index (χ0v) is 28.5. The number of hydrogen-bond donors (Lipinski definition) is 1. The van der Waals surface area contributed by atoms with E-state index in [0.29, 0.717) is 0 Å². The van der Waals surface area contributed by atoms with E-state index in [1.54, 1.807) is 0 Å². The van der Waals surface area contributed by atoms with Crippen molar-refractivity contribution in [2.45, 2.75) is 108 Å². The van der Waals surface area contributed by atoms with Crippen LogP contribution in [0.25, 0.3) is 0 Å². The lowest BCUT2D eigenvalue weighted by atomic mass is 9.69. The fourth-order valence-corrected chi connectivity index (χ4v) is 6.58. The summed E-state index contributed by atoms with van der Waals surface area (Å²) in [4.78, 5) is 0. The number of allylic oxidation sites excluding steroid dienone is 21. The number of rotatable bonds is 10. The fraction of sp³-hybridized carbons (Fsp3) is 0.463. The lowest BCUT2D eigenvalue weighted by Crippen LogP contribution is -2.28. The minimum atomic E-state index is -0.221. The third-order valence-electron chi connectivity index (χ3n) is 8.47. The van der Waals surface area contributed by atoms with Gasteiger partial charge in [0, 0.05) is 0 Å². The molecule has 0 bridgehead atoms. The van der Waals surface area contributed by atoms with E-state index in [-0.39, 0.29) is 16.9 Å². The summed E-state index contributed by atoms with van der Waals surface area (Å²) < 4.78 is 0. The van der Waals surface area contributed by atoms with Gasteiger partial charge in [0.15, 0.2) is 0 Å². The van der Waals surface area contributed by atoms with Gasteiger partial charge in [-0.3, -0.25) is 0 Å². The highest BCUT2D eigenvalue weighted by molar-refractivity contribution is 5.39. The second-order valence-electron chi connectivity index (χ2n) is 14.1. The molecule has 1 N–H and O–H groups in total. The van der Waals surface area contributed by atoms with Gasteiger partial charge in [-0.2, -0.15) is 0 Å². The number of hydrogen-bond acceptors (Lipinski definition) is 1. The average molecular weight is 567 g/mol. The molecule has 0 heterocycles. The van der Waals surface area contributed by atoms with Crippen molar-refractivity contribution in [3.63, 3.8) is 0 Å². The highest BCUT2D eigenvalue weighted by atomic mass is 16.3. The molecular weight excluding hydrogens is 508 g/mol. The Kier molecular flexibility index (Phi) is 13.5. The SMILES string of the molecule is CC1=C(/C=C/C(C)=C/C=C/C(C)=C/C=C/C=C(C)/C=C/C=C(C)/C=C/C2=C(C)C[C@@H](C)CC2(C)C)C(C)(C)CC(O)C1. The van der Waals surface area contributed by atoms with Gasteiger partial charge in [0.1, 0.15) is 0 Å². The van der Waals surface area contributed by atoms with Crippen LogP contribution in [0.1, 0.15) is 102 Å². The Bertz CT molecular complexity index is 1180. The molecule has 0 fully saturated rings. The van der Waals surface area contributed by atoms with Crippen molar-refractivity contribution >= 4 is 0 Å². The van der Waals surface area contributed by atoms with Crippen molar-refractivity contribution < 1.29 is 5.11 Å². The number of aliphatic hydroxyl groups excluding tert-OH is 1. The standard InChI is InChI=1S/C41H58O/c1-30(18-14-20-32(3)22-24-38-35(6)26-34(5)28-40(38,8)9)16-12-13-17-31(2)19-15-21-33(4)23-25-39-36(7)27-37(42)29-41(39,10)11/h12-25,34,37,42H,26-29H2,1-11H3/b13-12+,18-14+,19-15+,24-22+,25-23+,30-16+,31-17+,32-20+,33-21+/t34-,37?/m1/s1. The van der Waals surface area contributed by atoms with Gasteiger partial charge in [-0.1, -0.05) is 153 Å². The Hall–Kier alpha value is -2.90. The summed E-state index contributed by atoms with van der Waals surface area (Å²) in [6, 6.07) is 0. The van der Waals surface area contributed by atoms with E-state index < -0.39 is 0 Å². The summed E-state index contributed by atoms with van der Waals surface area (Å²) in [6.07, 6.45) is 34.2. The summed E-state index contributed by atoms with van der Waals surface area (Å²) in [7, 11) is 0. The van der Waals surface area contributed by atoms with Crippen LogP contribution in [0.3, 0.4) is 0 Å². The summed E-state index contributed by atoms with van der Waals surface area (Å²) in [5.74, 6) is 0.773. The Morgan fingerprint density at radius 2 is 0.976 bits per heavy atom. The third kappa shape index (κ3) is 11.8. The Balaban J connectivity index is 1.90. The molecule has 2 atom stereocenters. The molecule has 1 heteroatoms. The van der Waals surface area contributed by atoms with E-state index >= 15 is 0 Å². The van der Waals surface area contributed by atoms with Gasteiger partial charge in [-0.15, -0.1) is 0 Å². The minimum absolute atomic E-state index is 0.0119. The summed E-state index contributed by atoms with van der Waals surface area (Å²) in [6.45, 7) is 24.6. The van der Waals surface area contributed by atoms with E-state index in [0.717, 1.165) is 18.8 Å². The van der Waals surface area contributed by atoms with Crippen molar-refractivity contribution in [3.05, 3.63) is 130 Å². The molecule has 42 heavy (non-hydrogen) atoms. The van der Waals surface area contributed by atoms with E-state index in [2.05, 4.69) is 161 Å². The number of aliphatic hydroxyl groups is 1. The highest BCUT2D eigenvalue weighted by Crippen LogP contribution is 2.43. The molecule has 0 aromatic heterocycles. The van der Waals surface area contributed by atoms with Crippen LogP contribution in [0.2, 0.25) is 0 Å². The first-order valence-corrected chi connectivity index (χ1v) is 15.8. The first-order valence-electron chi connectivity index (χ1n) is 15.8. The van der Waals surface area contributed by atoms with E-state index in [1.807, 2.05) is 0 Å². The quantitative estimate of drug-likeness (QED) is 0.261. The molecule has 0 saturated heterocycles. The Morgan fingerprint density at radius 3 is 1.40 bits per heavy atom. The molecule has 0 aromatic rings. The van der Waals surface area contributed by atoms with Gasteiger partial charge >= 0.3 is 0 Å². The topological polar surface area (TPSA) is 20.2 Å². The molecule has 0 aromatic carbocycles. The van der Waals surface area contributed by atoms with Crippen LogP contribution >= 0.6 is 0 Å². The van der Waals surface area contributed by atoms with Crippen molar-refractivity contribution in [2.24, 2.45) is 16.7 Å². The lowest BCUT2D eigenvalue weighted by molar-refractivity contribution is 0.116. The van der Waals surface area contributed by atoms with Gasteiger partial charge in [-0.25, -0.2) is 0 Å². The summed E-state index contributed by atoms with van der Waals surface area (Å²) in [5, 5.41) is 10.1. The predicted molar refractivity (Wildman–Crippen MR) is 187 cm³/mol. The van der Waals surface area contributed by atoms with Crippen LogP contribution in [0.15, 0.2) is 130 Å². The predicted octanol–water partition coefficient (Wildman–Crippen LogP) is 11.8. The first kappa shape index (κ1) is 35.3. The monoisotopic (exact) mass is 566 g/mol. The molecule has 1 unspecified atom stereocenters. The molecule has 0 spiro atoms. The highest BCUT2D eigenvalue weighted by Gasteiger charge is 2.31. The zero-order chi connectivity index (χ0) is 31.5. The van der Waals surface area contributed by atoms with E-state index in [4.69, 9.17) is 0 Å². The molecular formula is C41H58O. The molecule has 0 saturated carbocycles. The van der Waals surface area contributed by atoms with Gasteiger partial charge in [0.2, 0.25) is 0 Å². The van der Waals surface area contributed by atoms with Crippen LogP contribution < -0.4 is 0 Å². The van der Waals surface area contributed by atoms with Crippen molar-refractivity contribution in [2.75, 3.05) is 0 Å². The third-order valence-corrected chi connectivity index (χ3v) is 8.47. The molecule has 0 amide bonds. The van der Waals surface area contributed by atoms with Gasteiger partial charge in [0.05, 0.1) is 6.10 Å². The maximum Gasteiger partial charge on any atom is 0.0585 e. The van der Waals surface area contributed by atoms with Crippen LogP contribution in [-0.4, -0.2) is 11.2 Å². The Morgan fingerprint density at radius 1 is 0.595 bits per heavy atom. The summed E-state index contributed by atoms with van der Waals surface area (Å²) >= 11 is 0. The second kappa shape index (κ2) is 16.1. The Labute approximate surface area is 259 Å².